The number of rotatable bonds is 8. The molecule has 1 aromatic rings. The number of likely N-dealkylation sites (N-methyl/N-ethyl adjacent to an activating group) is 1. The Morgan fingerprint density at radius 3 is 2.84 bits per heavy atom. The van der Waals surface area contributed by atoms with E-state index < -0.39 is 0 Å². The first-order chi connectivity index (χ1) is 11.7. The Kier molecular flexibility index (Phi) is 10.9. The number of para-hydroxylation sites is 1. The van der Waals surface area contributed by atoms with Crippen LogP contribution in [0.5, 0.6) is 5.75 Å². The maximum absolute atomic E-state index is 5.74. The third-order valence-electron chi connectivity index (χ3n) is 4.26. The molecule has 0 bridgehead atoms. The zero-order valence-corrected chi connectivity index (χ0v) is 18.1. The molecule has 1 unspecified atom stereocenters. The normalized spacial score (nSPS) is 16.6. The summed E-state index contributed by atoms with van der Waals surface area (Å²) in [5.41, 5.74) is 1.22. The van der Waals surface area contributed by atoms with E-state index >= 15 is 0 Å². The van der Waals surface area contributed by atoms with Crippen molar-refractivity contribution in [2.75, 3.05) is 39.8 Å². The van der Waals surface area contributed by atoms with Gasteiger partial charge in [0.1, 0.15) is 5.75 Å². The van der Waals surface area contributed by atoms with Gasteiger partial charge in [0.25, 0.3) is 0 Å². The second-order valence-corrected chi connectivity index (χ2v) is 6.29. The summed E-state index contributed by atoms with van der Waals surface area (Å²) in [6, 6.07) is 8.51. The number of unbranched alkanes of at least 4 members (excludes halogenated alkanes) is 1. The van der Waals surface area contributed by atoms with Crippen LogP contribution in [0, 0.1) is 0 Å². The van der Waals surface area contributed by atoms with E-state index in [9.17, 15) is 0 Å². The fraction of sp³-hybridized carbons (Fsp3) is 0.632. The number of nitrogens with zero attached hydrogens (tertiary/aromatic N) is 2. The van der Waals surface area contributed by atoms with Crippen LogP contribution in [-0.4, -0.2) is 50.7 Å². The van der Waals surface area contributed by atoms with Crippen LogP contribution in [0.3, 0.4) is 0 Å². The lowest BCUT2D eigenvalue weighted by Crippen LogP contribution is -2.41. The predicted octanol–water partition coefficient (Wildman–Crippen LogP) is 3.42. The summed E-state index contributed by atoms with van der Waals surface area (Å²) in [7, 11) is 2.17. The van der Waals surface area contributed by atoms with Crippen molar-refractivity contribution in [1.29, 1.82) is 0 Å². The highest BCUT2D eigenvalue weighted by atomic mass is 127. The van der Waals surface area contributed by atoms with Crippen LogP contribution < -0.4 is 15.4 Å². The summed E-state index contributed by atoms with van der Waals surface area (Å²) in [6.07, 6.45) is 3.44. The Bertz CT molecular complexity index is 524. The second-order valence-electron chi connectivity index (χ2n) is 6.29. The van der Waals surface area contributed by atoms with Crippen LogP contribution in [-0.2, 0) is 0 Å². The van der Waals surface area contributed by atoms with Crippen LogP contribution in [0.4, 0.5) is 0 Å². The van der Waals surface area contributed by atoms with Crippen molar-refractivity contribution < 1.29 is 4.74 Å². The monoisotopic (exact) mass is 460 g/mol. The van der Waals surface area contributed by atoms with Gasteiger partial charge in [-0.15, -0.1) is 24.0 Å². The van der Waals surface area contributed by atoms with Crippen LogP contribution in [0.15, 0.2) is 29.3 Å². The molecule has 0 radical (unpaired) electrons. The van der Waals surface area contributed by atoms with Crippen molar-refractivity contribution in [2.24, 2.45) is 4.99 Å². The Labute approximate surface area is 169 Å². The van der Waals surface area contributed by atoms with Crippen molar-refractivity contribution in [1.82, 2.24) is 15.5 Å². The number of fused-ring (bicyclic) bond motifs is 1. The van der Waals surface area contributed by atoms with Crippen LogP contribution in [0.25, 0.3) is 0 Å². The van der Waals surface area contributed by atoms with Gasteiger partial charge in [-0.25, -0.2) is 0 Å². The molecule has 25 heavy (non-hydrogen) atoms. The summed E-state index contributed by atoms with van der Waals surface area (Å²) in [6.45, 7) is 8.87. The average Bonchev–Trinajstić information content (AvgIpc) is 2.60. The molecule has 0 amide bonds. The van der Waals surface area contributed by atoms with Crippen molar-refractivity contribution in [3.8, 4) is 5.75 Å². The van der Waals surface area contributed by atoms with Gasteiger partial charge in [0.2, 0.25) is 0 Å². The smallest absolute Gasteiger partial charge is 0.191 e. The average molecular weight is 460 g/mol. The van der Waals surface area contributed by atoms with E-state index in [1.807, 2.05) is 12.1 Å². The van der Waals surface area contributed by atoms with Gasteiger partial charge in [-0.05, 0) is 33.0 Å². The molecule has 0 saturated carbocycles. The topological polar surface area (TPSA) is 48.9 Å². The van der Waals surface area contributed by atoms with Crippen molar-refractivity contribution in [2.45, 2.75) is 39.2 Å². The van der Waals surface area contributed by atoms with Gasteiger partial charge >= 0.3 is 0 Å². The summed E-state index contributed by atoms with van der Waals surface area (Å²) in [4.78, 5) is 7.09. The van der Waals surface area contributed by atoms with Crippen molar-refractivity contribution >= 4 is 29.9 Å². The van der Waals surface area contributed by atoms with Crippen molar-refractivity contribution in [3.63, 3.8) is 0 Å². The van der Waals surface area contributed by atoms with Gasteiger partial charge in [0.15, 0.2) is 5.96 Å². The number of nitrogens with one attached hydrogen (secondary N) is 2. The number of hydrogen-bond donors (Lipinski definition) is 2. The molecule has 2 N–H and O–H groups in total. The first-order valence-electron chi connectivity index (χ1n) is 9.19. The van der Waals surface area contributed by atoms with E-state index in [-0.39, 0.29) is 30.0 Å². The quantitative estimate of drug-likeness (QED) is 0.355. The molecular formula is C19H33IN4O. The molecule has 0 saturated heterocycles. The molecule has 1 aliphatic heterocycles. The van der Waals surface area contributed by atoms with E-state index in [0.29, 0.717) is 0 Å². The summed E-state index contributed by atoms with van der Waals surface area (Å²) in [5, 5.41) is 6.93. The first-order valence-corrected chi connectivity index (χ1v) is 9.19. The molecule has 0 fully saturated rings. The highest BCUT2D eigenvalue weighted by Crippen LogP contribution is 2.31. The maximum Gasteiger partial charge on any atom is 0.191 e. The molecule has 1 atom stereocenters. The zero-order valence-electron chi connectivity index (χ0n) is 15.8. The summed E-state index contributed by atoms with van der Waals surface area (Å²) >= 11 is 0. The van der Waals surface area contributed by atoms with E-state index in [1.54, 1.807) is 0 Å². The fourth-order valence-corrected chi connectivity index (χ4v) is 2.85. The third kappa shape index (κ3) is 7.40. The van der Waals surface area contributed by atoms with Gasteiger partial charge in [0.05, 0.1) is 19.2 Å². The highest BCUT2D eigenvalue weighted by molar-refractivity contribution is 14.0. The van der Waals surface area contributed by atoms with Gasteiger partial charge < -0.3 is 20.3 Å². The molecule has 1 aliphatic rings. The number of benzene rings is 1. The molecule has 5 nitrogen and oxygen atoms in total. The Balaban J connectivity index is 0.00000312. The SMILES string of the molecule is CCCCN(C)CCN=C(NCC)NC1CCOc2ccccc21.I. The Morgan fingerprint density at radius 2 is 2.08 bits per heavy atom. The molecule has 0 aromatic heterocycles. The summed E-state index contributed by atoms with van der Waals surface area (Å²) < 4.78 is 5.74. The number of guanidine groups is 1. The largest absolute Gasteiger partial charge is 0.493 e. The number of halogens is 1. The lowest BCUT2D eigenvalue weighted by Gasteiger charge is -2.28. The van der Waals surface area contributed by atoms with Gasteiger partial charge in [0, 0.05) is 25.1 Å². The van der Waals surface area contributed by atoms with Crippen LogP contribution >= 0.6 is 24.0 Å². The van der Waals surface area contributed by atoms with E-state index in [4.69, 9.17) is 9.73 Å². The maximum atomic E-state index is 5.74. The van der Waals surface area contributed by atoms with Gasteiger partial charge in [-0.1, -0.05) is 31.5 Å². The van der Waals surface area contributed by atoms with E-state index in [1.165, 1.54) is 18.4 Å². The molecule has 6 heteroatoms. The second kappa shape index (κ2) is 12.4. The Hall–Kier alpha value is -1.02. The molecule has 142 valence electrons. The Morgan fingerprint density at radius 1 is 1.28 bits per heavy atom. The predicted molar refractivity (Wildman–Crippen MR) is 116 cm³/mol. The molecule has 0 spiro atoms. The lowest BCUT2D eigenvalue weighted by atomic mass is 10.0. The zero-order chi connectivity index (χ0) is 17.2. The lowest BCUT2D eigenvalue weighted by molar-refractivity contribution is 0.261. The highest BCUT2D eigenvalue weighted by Gasteiger charge is 2.21. The van der Waals surface area contributed by atoms with Gasteiger partial charge in [-0.2, -0.15) is 0 Å². The van der Waals surface area contributed by atoms with E-state index in [2.05, 4.69) is 48.6 Å². The first kappa shape index (κ1) is 22.0. The molecule has 0 aliphatic carbocycles. The molecular weight excluding hydrogens is 427 g/mol. The number of ether oxygens (including phenoxy) is 1. The standard InChI is InChI=1S/C19H32N4O.HI/c1-4-6-13-23(3)14-12-21-19(20-5-2)22-17-11-15-24-18-10-8-7-9-16(17)18;/h7-10,17H,4-6,11-15H2,1-3H3,(H2,20,21,22);1H. The van der Waals surface area contributed by atoms with E-state index in [0.717, 1.165) is 50.9 Å². The number of aliphatic imine (C=N–C) groups is 1. The molecule has 2 rings (SSSR count). The minimum atomic E-state index is 0. The number of hydrogen-bond acceptors (Lipinski definition) is 3. The minimum absolute atomic E-state index is 0. The molecule has 1 heterocycles. The van der Waals surface area contributed by atoms with Crippen LogP contribution in [0.2, 0.25) is 0 Å². The van der Waals surface area contributed by atoms with Crippen LogP contribution in [0.1, 0.15) is 44.7 Å². The van der Waals surface area contributed by atoms with Gasteiger partial charge in [-0.3, -0.25) is 4.99 Å². The van der Waals surface area contributed by atoms with Crippen molar-refractivity contribution in [3.05, 3.63) is 29.8 Å². The minimum Gasteiger partial charge on any atom is -0.493 e. The summed E-state index contributed by atoms with van der Waals surface area (Å²) in [5.74, 6) is 1.87. The molecule has 1 aromatic carbocycles. The third-order valence-corrected chi connectivity index (χ3v) is 4.26. The fourth-order valence-electron chi connectivity index (χ4n) is 2.85.